The van der Waals surface area contributed by atoms with E-state index in [0.717, 1.165) is 27.9 Å². The van der Waals surface area contributed by atoms with E-state index in [4.69, 9.17) is 4.74 Å². The van der Waals surface area contributed by atoms with Gasteiger partial charge in [-0.05, 0) is 54.4 Å². The number of pyridine rings is 1. The first-order valence-corrected chi connectivity index (χ1v) is 9.88. The van der Waals surface area contributed by atoms with Crippen molar-refractivity contribution in [2.75, 3.05) is 0 Å². The minimum absolute atomic E-state index is 0.147. The first-order chi connectivity index (χ1) is 14.7. The number of ether oxygens (including phenoxy) is 1. The van der Waals surface area contributed by atoms with Crippen LogP contribution in [-0.4, -0.2) is 27.0 Å². The second-order valence-electron chi connectivity index (χ2n) is 6.86. The van der Waals surface area contributed by atoms with Gasteiger partial charge < -0.3 is 10.1 Å². The topological polar surface area (TPSA) is 77.0 Å². The zero-order valence-electron chi connectivity index (χ0n) is 16.7. The number of aromatic nitrogens is 3. The van der Waals surface area contributed by atoms with E-state index in [0.29, 0.717) is 18.7 Å². The summed E-state index contributed by atoms with van der Waals surface area (Å²) in [5, 5.41) is 2.90. The number of nitrogens with zero attached hydrogens (tertiary/aromatic N) is 3. The molecule has 1 unspecified atom stereocenters. The number of amides is 1. The van der Waals surface area contributed by atoms with E-state index in [-0.39, 0.29) is 5.91 Å². The molecule has 1 N–H and O–H groups in total. The van der Waals surface area contributed by atoms with Crippen molar-refractivity contribution in [3.05, 3.63) is 84.8 Å². The predicted molar refractivity (Wildman–Crippen MR) is 116 cm³/mol. The summed E-state index contributed by atoms with van der Waals surface area (Å²) in [6.07, 6.45) is 5.20. The Morgan fingerprint density at radius 2 is 1.80 bits per heavy atom. The Balaban J connectivity index is 1.41. The number of carbonyl (C=O) groups is 1. The van der Waals surface area contributed by atoms with Gasteiger partial charge >= 0.3 is 0 Å². The van der Waals surface area contributed by atoms with Gasteiger partial charge in [-0.15, -0.1) is 0 Å². The van der Waals surface area contributed by atoms with E-state index in [2.05, 4.69) is 20.3 Å². The number of hydrogen-bond donors (Lipinski definition) is 1. The number of carbonyl (C=O) groups excluding carboxylic acids is 1. The van der Waals surface area contributed by atoms with E-state index in [9.17, 15) is 4.79 Å². The van der Waals surface area contributed by atoms with Crippen LogP contribution in [0.15, 0.2) is 79.3 Å². The highest BCUT2D eigenvalue weighted by molar-refractivity contribution is 5.81. The van der Waals surface area contributed by atoms with Gasteiger partial charge in [-0.25, -0.2) is 4.98 Å². The van der Waals surface area contributed by atoms with Crippen molar-refractivity contribution < 1.29 is 9.53 Å². The minimum atomic E-state index is -0.562. The lowest BCUT2D eigenvalue weighted by molar-refractivity contribution is -0.128. The van der Waals surface area contributed by atoms with Gasteiger partial charge in [0.25, 0.3) is 5.91 Å². The van der Waals surface area contributed by atoms with Crippen LogP contribution in [0.3, 0.4) is 0 Å². The van der Waals surface area contributed by atoms with Crippen LogP contribution in [0.1, 0.15) is 18.9 Å². The Hall–Kier alpha value is -3.80. The number of fused-ring (bicyclic) bond motifs is 1. The molecule has 0 aliphatic carbocycles. The van der Waals surface area contributed by atoms with Crippen LogP contribution in [0, 0.1) is 0 Å². The van der Waals surface area contributed by atoms with Crippen LogP contribution in [-0.2, 0) is 11.3 Å². The number of para-hydroxylation sites is 2. The van der Waals surface area contributed by atoms with E-state index < -0.39 is 6.10 Å². The standard InChI is InChI=1S/C24H22N4O2/c1-2-23(24(29)27-15-17-6-5-13-25-14-17)30-19-11-9-18(10-12-19)22-16-26-20-7-3-4-8-21(20)28-22/h3-14,16,23H,2,15H2,1H3,(H,27,29). The summed E-state index contributed by atoms with van der Waals surface area (Å²) in [5.41, 5.74) is 4.40. The molecule has 0 fully saturated rings. The maximum absolute atomic E-state index is 12.5. The SMILES string of the molecule is CCC(Oc1ccc(-c2cnc3ccccc3n2)cc1)C(=O)NCc1cccnc1. The molecule has 4 rings (SSSR count). The number of rotatable bonds is 7. The molecule has 2 heterocycles. The zero-order valence-corrected chi connectivity index (χ0v) is 16.7. The van der Waals surface area contributed by atoms with Crippen LogP contribution in [0.2, 0.25) is 0 Å². The molecule has 1 amide bonds. The average Bonchev–Trinajstić information content (AvgIpc) is 2.81. The largest absolute Gasteiger partial charge is 0.481 e. The summed E-state index contributed by atoms with van der Waals surface area (Å²) < 4.78 is 5.91. The summed E-state index contributed by atoms with van der Waals surface area (Å²) in [6.45, 7) is 2.35. The quantitative estimate of drug-likeness (QED) is 0.506. The van der Waals surface area contributed by atoms with Crippen molar-refractivity contribution in [2.24, 2.45) is 0 Å². The van der Waals surface area contributed by atoms with Crippen LogP contribution >= 0.6 is 0 Å². The van der Waals surface area contributed by atoms with Crippen LogP contribution in [0.5, 0.6) is 5.75 Å². The van der Waals surface area contributed by atoms with Gasteiger partial charge in [0, 0.05) is 24.5 Å². The average molecular weight is 398 g/mol. The van der Waals surface area contributed by atoms with E-state index in [1.165, 1.54) is 0 Å². The molecule has 30 heavy (non-hydrogen) atoms. The number of nitrogens with one attached hydrogen (secondary N) is 1. The molecule has 150 valence electrons. The van der Waals surface area contributed by atoms with Crippen molar-refractivity contribution in [3.63, 3.8) is 0 Å². The molecule has 0 saturated carbocycles. The smallest absolute Gasteiger partial charge is 0.261 e. The van der Waals surface area contributed by atoms with E-state index in [1.54, 1.807) is 18.6 Å². The first kappa shape index (κ1) is 19.5. The lowest BCUT2D eigenvalue weighted by Crippen LogP contribution is -2.37. The second-order valence-corrected chi connectivity index (χ2v) is 6.86. The zero-order chi connectivity index (χ0) is 20.8. The molecule has 0 spiro atoms. The van der Waals surface area contributed by atoms with Crippen molar-refractivity contribution in [2.45, 2.75) is 26.0 Å². The van der Waals surface area contributed by atoms with Crippen LogP contribution < -0.4 is 10.1 Å². The molecule has 2 aromatic carbocycles. The fourth-order valence-corrected chi connectivity index (χ4v) is 3.09. The van der Waals surface area contributed by atoms with E-state index in [1.807, 2.05) is 67.6 Å². The Morgan fingerprint density at radius 3 is 2.53 bits per heavy atom. The molecular weight excluding hydrogens is 376 g/mol. The van der Waals surface area contributed by atoms with Crippen LogP contribution in [0.25, 0.3) is 22.3 Å². The van der Waals surface area contributed by atoms with Crippen molar-refractivity contribution >= 4 is 16.9 Å². The monoisotopic (exact) mass is 398 g/mol. The predicted octanol–water partition coefficient (Wildman–Crippen LogP) is 4.17. The molecule has 6 nitrogen and oxygen atoms in total. The summed E-state index contributed by atoms with van der Waals surface area (Å²) >= 11 is 0. The molecule has 0 saturated heterocycles. The molecule has 0 aliphatic heterocycles. The molecule has 4 aromatic rings. The minimum Gasteiger partial charge on any atom is -0.481 e. The molecule has 0 bridgehead atoms. The maximum Gasteiger partial charge on any atom is 0.261 e. The van der Waals surface area contributed by atoms with Crippen molar-refractivity contribution in [1.29, 1.82) is 0 Å². The summed E-state index contributed by atoms with van der Waals surface area (Å²) in [6, 6.07) is 19.1. The summed E-state index contributed by atoms with van der Waals surface area (Å²) in [5.74, 6) is 0.488. The van der Waals surface area contributed by atoms with Crippen molar-refractivity contribution in [3.8, 4) is 17.0 Å². The highest BCUT2D eigenvalue weighted by Crippen LogP contribution is 2.23. The third-order valence-corrected chi connectivity index (χ3v) is 4.73. The van der Waals surface area contributed by atoms with Gasteiger partial charge in [-0.3, -0.25) is 14.8 Å². The fourth-order valence-electron chi connectivity index (χ4n) is 3.09. The van der Waals surface area contributed by atoms with Gasteiger partial charge in [-0.2, -0.15) is 0 Å². The van der Waals surface area contributed by atoms with Gasteiger partial charge in [0.1, 0.15) is 5.75 Å². The van der Waals surface area contributed by atoms with Gasteiger partial charge in [-0.1, -0.05) is 25.1 Å². The normalized spacial score (nSPS) is 11.8. The molecular formula is C24H22N4O2. The molecule has 2 aromatic heterocycles. The number of hydrogen-bond acceptors (Lipinski definition) is 5. The Labute approximate surface area is 175 Å². The Bertz CT molecular complexity index is 1130. The third-order valence-electron chi connectivity index (χ3n) is 4.73. The summed E-state index contributed by atoms with van der Waals surface area (Å²) in [4.78, 5) is 25.7. The van der Waals surface area contributed by atoms with Gasteiger partial charge in [0.15, 0.2) is 6.10 Å². The highest BCUT2D eigenvalue weighted by atomic mass is 16.5. The number of benzene rings is 2. The Morgan fingerprint density at radius 1 is 1.00 bits per heavy atom. The summed E-state index contributed by atoms with van der Waals surface area (Å²) in [7, 11) is 0. The highest BCUT2D eigenvalue weighted by Gasteiger charge is 2.18. The lowest BCUT2D eigenvalue weighted by Gasteiger charge is -2.17. The van der Waals surface area contributed by atoms with Gasteiger partial charge in [0.2, 0.25) is 0 Å². The third kappa shape index (κ3) is 4.60. The lowest BCUT2D eigenvalue weighted by atomic mass is 10.1. The fraction of sp³-hybridized carbons (Fsp3) is 0.167. The van der Waals surface area contributed by atoms with Crippen LogP contribution in [0.4, 0.5) is 0 Å². The first-order valence-electron chi connectivity index (χ1n) is 9.88. The maximum atomic E-state index is 12.5. The Kier molecular flexibility index (Phi) is 5.94. The molecule has 0 aliphatic rings. The van der Waals surface area contributed by atoms with Crippen molar-refractivity contribution in [1.82, 2.24) is 20.3 Å². The van der Waals surface area contributed by atoms with E-state index >= 15 is 0 Å². The van der Waals surface area contributed by atoms with Gasteiger partial charge in [0.05, 0.1) is 22.9 Å². The molecule has 6 heteroatoms. The second kappa shape index (κ2) is 9.13. The molecule has 1 atom stereocenters. The molecule has 0 radical (unpaired) electrons.